The Morgan fingerprint density at radius 3 is 2.88 bits per heavy atom. The zero-order valence-corrected chi connectivity index (χ0v) is 10.00. The van der Waals surface area contributed by atoms with Crippen LogP contribution in [0.4, 0.5) is 0 Å². The Morgan fingerprint density at radius 1 is 1.44 bits per heavy atom. The van der Waals surface area contributed by atoms with Gasteiger partial charge in [0, 0.05) is 31.7 Å². The number of nitrogens with one attached hydrogen (secondary N) is 2. The highest BCUT2D eigenvalue weighted by molar-refractivity contribution is 5.76. The first-order chi connectivity index (χ1) is 7.75. The third-order valence-corrected chi connectivity index (χ3v) is 3.43. The molecule has 0 radical (unpaired) electrons. The van der Waals surface area contributed by atoms with Crippen molar-refractivity contribution in [1.29, 1.82) is 0 Å². The summed E-state index contributed by atoms with van der Waals surface area (Å²) in [4.78, 5) is 11.4. The predicted molar refractivity (Wildman–Crippen MR) is 62.2 cm³/mol. The summed E-state index contributed by atoms with van der Waals surface area (Å²) in [6, 6.07) is 0.935. The largest absolute Gasteiger partial charge is 0.381 e. The van der Waals surface area contributed by atoms with E-state index >= 15 is 0 Å². The SMILES string of the molecule is CC(NCCC(=O)NC1CC1)C1CCOC1. The maximum Gasteiger partial charge on any atom is 0.221 e. The molecule has 1 saturated carbocycles. The Morgan fingerprint density at radius 2 is 2.25 bits per heavy atom. The number of rotatable bonds is 6. The molecule has 0 aromatic rings. The van der Waals surface area contributed by atoms with Crippen LogP contribution in [0.5, 0.6) is 0 Å². The van der Waals surface area contributed by atoms with Crippen LogP contribution in [0.2, 0.25) is 0 Å². The van der Waals surface area contributed by atoms with Gasteiger partial charge in [0.1, 0.15) is 0 Å². The standard InChI is InChI=1S/C12H22N2O2/c1-9(10-5-7-16-8-10)13-6-4-12(15)14-11-2-3-11/h9-11,13H,2-8H2,1H3,(H,14,15). The number of carbonyl (C=O) groups excluding carboxylic acids is 1. The highest BCUT2D eigenvalue weighted by Gasteiger charge is 2.24. The average molecular weight is 226 g/mol. The van der Waals surface area contributed by atoms with Gasteiger partial charge in [-0.05, 0) is 32.1 Å². The van der Waals surface area contributed by atoms with E-state index in [-0.39, 0.29) is 5.91 Å². The lowest BCUT2D eigenvalue weighted by molar-refractivity contribution is -0.121. The molecule has 2 rings (SSSR count). The van der Waals surface area contributed by atoms with Gasteiger partial charge in [0.05, 0.1) is 6.61 Å². The third kappa shape index (κ3) is 3.76. The molecule has 1 aliphatic carbocycles. The van der Waals surface area contributed by atoms with Gasteiger partial charge in [-0.15, -0.1) is 0 Å². The number of hydrogen-bond acceptors (Lipinski definition) is 3. The van der Waals surface area contributed by atoms with Gasteiger partial charge in [-0.25, -0.2) is 0 Å². The van der Waals surface area contributed by atoms with Gasteiger partial charge in [0.2, 0.25) is 5.91 Å². The summed E-state index contributed by atoms with van der Waals surface area (Å²) in [5.74, 6) is 0.802. The molecule has 4 nitrogen and oxygen atoms in total. The number of hydrogen-bond donors (Lipinski definition) is 2. The predicted octanol–water partition coefficient (Wildman–Crippen LogP) is 0.670. The van der Waals surface area contributed by atoms with Gasteiger partial charge in [-0.2, -0.15) is 0 Å². The molecular formula is C12H22N2O2. The van der Waals surface area contributed by atoms with Crippen LogP contribution in [0, 0.1) is 5.92 Å². The van der Waals surface area contributed by atoms with Crippen LogP contribution in [-0.4, -0.2) is 37.7 Å². The number of amides is 1. The molecule has 2 N–H and O–H groups in total. The van der Waals surface area contributed by atoms with Crippen molar-refractivity contribution >= 4 is 5.91 Å². The van der Waals surface area contributed by atoms with Crippen molar-refractivity contribution in [1.82, 2.24) is 10.6 Å². The van der Waals surface area contributed by atoms with E-state index in [1.54, 1.807) is 0 Å². The van der Waals surface area contributed by atoms with E-state index in [0.717, 1.165) is 39.0 Å². The van der Waals surface area contributed by atoms with Crippen LogP contribution in [-0.2, 0) is 9.53 Å². The van der Waals surface area contributed by atoms with Crippen LogP contribution in [0.15, 0.2) is 0 Å². The summed E-state index contributed by atoms with van der Waals surface area (Å²) in [6.45, 7) is 4.70. The normalized spacial score (nSPS) is 26.7. The highest BCUT2D eigenvalue weighted by Crippen LogP contribution is 2.18. The minimum atomic E-state index is 0.185. The van der Waals surface area contributed by atoms with E-state index in [1.165, 1.54) is 0 Å². The molecule has 92 valence electrons. The van der Waals surface area contributed by atoms with E-state index in [1.807, 2.05) is 0 Å². The third-order valence-electron chi connectivity index (χ3n) is 3.43. The lowest BCUT2D eigenvalue weighted by Crippen LogP contribution is -2.37. The quantitative estimate of drug-likeness (QED) is 0.700. The Bertz CT molecular complexity index is 235. The average Bonchev–Trinajstić information content (AvgIpc) is 2.90. The first kappa shape index (κ1) is 11.9. The summed E-state index contributed by atoms with van der Waals surface area (Å²) in [7, 11) is 0. The zero-order valence-electron chi connectivity index (χ0n) is 10.00. The van der Waals surface area contributed by atoms with Crippen LogP contribution < -0.4 is 10.6 Å². The monoisotopic (exact) mass is 226 g/mol. The molecule has 1 amide bonds. The maximum absolute atomic E-state index is 11.4. The highest BCUT2D eigenvalue weighted by atomic mass is 16.5. The molecule has 0 aromatic heterocycles. The van der Waals surface area contributed by atoms with Crippen LogP contribution >= 0.6 is 0 Å². The Balaban J connectivity index is 1.53. The second-order valence-corrected chi connectivity index (χ2v) is 4.96. The fourth-order valence-corrected chi connectivity index (χ4v) is 2.05. The van der Waals surface area contributed by atoms with Crippen molar-refractivity contribution in [3.8, 4) is 0 Å². The fourth-order valence-electron chi connectivity index (χ4n) is 2.05. The van der Waals surface area contributed by atoms with E-state index in [0.29, 0.717) is 24.4 Å². The van der Waals surface area contributed by atoms with Gasteiger partial charge < -0.3 is 15.4 Å². The van der Waals surface area contributed by atoms with Gasteiger partial charge in [0.15, 0.2) is 0 Å². The lowest BCUT2D eigenvalue weighted by Gasteiger charge is -2.18. The molecule has 2 atom stereocenters. The van der Waals surface area contributed by atoms with Crippen molar-refractivity contribution in [3.05, 3.63) is 0 Å². The maximum atomic E-state index is 11.4. The van der Waals surface area contributed by atoms with E-state index in [2.05, 4.69) is 17.6 Å². The Hall–Kier alpha value is -0.610. The van der Waals surface area contributed by atoms with E-state index < -0.39 is 0 Å². The molecule has 1 aliphatic heterocycles. The molecule has 0 bridgehead atoms. The molecule has 1 saturated heterocycles. The summed E-state index contributed by atoms with van der Waals surface area (Å²) in [6.07, 6.45) is 4.06. The molecule has 16 heavy (non-hydrogen) atoms. The lowest BCUT2D eigenvalue weighted by atomic mass is 10.0. The summed E-state index contributed by atoms with van der Waals surface area (Å²) in [5, 5.41) is 6.40. The van der Waals surface area contributed by atoms with Crippen molar-refractivity contribution < 1.29 is 9.53 Å². The number of carbonyl (C=O) groups is 1. The topological polar surface area (TPSA) is 50.4 Å². The molecule has 2 aliphatic rings. The summed E-state index contributed by atoms with van der Waals surface area (Å²) >= 11 is 0. The van der Waals surface area contributed by atoms with Crippen LogP contribution in [0.25, 0.3) is 0 Å². The van der Waals surface area contributed by atoms with Gasteiger partial charge >= 0.3 is 0 Å². The molecule has 0 spiro atoms. The molecule has 1 heterocycles. The van der Waals surface area contributed by atoms with E-state index in [4.69, 9.17) is 4.74 Å². The van der Waals surface area contributed by atoms with Gasteiger partial charge in [0.25, 0.3) is 0 Å². The van der Waals surface area contributed by atoms with Crippen molar-refractivity contribution in [2.24, 2.45) is 5.92 Å². The molecule has 2 unspecified atom stereocenters. The van der Waals surface area contributed by atoms with E-state index in [9.17, 15) is 4.79 Å². The fraction of sp³-hybridized carbons (Fsp3) is 0.917. The minimum absolute atomic E-state index is 0.185. The molecular weight excluding hydrogens is 204 g/mol. The van der Waals surface area contributed by atoms with Crippen LogP contribution in [0.1, 0.15) is 32.6 Å². The Kier molecular flexibility index (Phi) is 4.18. The molecule has 4 heteroatoms. The van der Waals surface area contributed by atoms with Crippen molar-refractivity contribution in [2.75, 3.05) is 19.8 Å². The van der Waals surface area contributed by atoms with Crippen molar-refractivity contribution in [3.63, 3.8) is 0 Å². The second-order valence-electron chi connectivity index (χ2n) is 4.96. The first-order valence-corrected chi connectivity index (χ1v) is 6.36. The molecule has 0 aromatic carbocycles. The second kappa shape index (κ2) is 5.64. The Labute approximate surface area is 97.1 Å². The van der Waals surface area contributed by atoms with Gasteiger partial charge in [-0.3, -0.25) is 4.79 Å². The van der Waals surface area contributed by atoms with Crippen molar-refractivity contribution in [2.45, 2.75) is 44.7 Å². The first-order valence-electron chi connectivity index (χ1n) is 6.36. The zero-order chi connectivity index (χ0) is 11.4. The van der Waals surface area contributed by atoms with Crippen LogP contribution in [0.3, 0.4) is 0 Å². The summed E-state index contributed by atoms with van der Waals surface area (Å²) in [5.41, 5.74) is 0. The smallest absolute Gasteiger partial charge is 0.221 e. The number of ether oxygens (including phenoxy) is 1. The minimum Gasteiger partial charge on any atom is -0.381 e. The van der Waals surface area contributed by atoms with Gasteiger partial charge in [-0.1, -0.05) is 0 Å². The summed E-state index contributed by atoms with van der Waals surface area (Å²) < 4.78 is 5.35. The molecule has 2 fully saturated rings.